The van der Waals surface area contributed by atoms with E-state index in [4.69, 9.17) is 5.26 Å². The lowest BCUT2D eigenvalue weighted by atomic mass is 10.1. The van der Waals surface area contributed by atoms with E-state index < -0.39 is 5.97 Å². The van der Waals surface area contributed by atoms with Gasteiger partial charge in [0.2, 0.25) is 0 Å². The third kappa shape index (κ3) is 3.67. The predicted octanol–water partition coefficient (Wildman–Crippen LogP) is 3.27. The van der Waals surface area contributed by atoms with Crippen molar-refractivity contribution in [3.63, 3.8) is 0 Å². The molecule has 0 aliphatic heterocycles. The molecule has 1 aromatic rings. The molecule has 86 valence electrons. The minimum atomic E-state index is -0.392. The van der Waals surface area contributed by atoms with Crippen LogP contribution in [0, 0.1) is 11.3 Å². The molecule has 3 nitrogen and oxygen atoms in total. The number of methoxy groups -OCH3 is 1. The van der Waals surface area contributed by atoms with Crippen LogP contribution in [0.1, 0.15) is 35.3 Å². The second kappa shape index (κ2) is 7.89. The average molecular weight is 284 g/mol. The van der Waals surface area contributed by atoms with Crippen molar-refractivity contribution in [3.8, 4) is 6.07 Å². The molecule has 0 N–H and O–H groups in total. The van der Waals surface area contributed by atoms with Gasteiger partial charge >= 0.3 is 5.97 Å². The van der Waals surface area contributed by atoms with Crippen LogP contribution in [0.4, 0.5) is 0 Å². The number of hydrogen-bond donors (Lipinski definition) is 0. The van der Waals surface area contributed by atoms with E-state index in [1.165, 1.54) is 7.11 Å². The molecule has 0 amide bonds. The quantitative estimate of drug-likeness (QED) is 0.618. The highest BCUT2D eigenvalue weighted by molar-refractivity contribution is 9.08. The Morgan fingerprint density at radius 3 is 2.56 bits per heavy atom. The number of alkyl halides is 1. The lowest BCUT2D eigenvalue weighted by molar-refractivity contribution is 0.0600. The Morgan fingerprint density at radius 2 is 2.12 bits per heavy atom. The van der Waals surface area contributed by atoms with Crippen LogP contribution in [-0.4, -0.2) is 13.1 Å². The highest BCUT2D eigenvalue weighted by Crippen LogP contribution is 2.15. The van der Waals surface area contributed by atoms with E-state index in [-0.39, 0.29) is 0 Å². The molecule has 0 aliphatic carbocycles. The van der Waals surface area contributed by atoms with E-state index in [0.29, 0.717) is 16.5 Å². The highest BCUT2D eigenvalue weighted by Gasteiger charge is 2.08. The van der Waals surface area contributed by atoms with Gasteiger partial charge in [-0.3, -0.25) is 0 Å². The molecular weight excluding hydrogens is 270 g/mol. The van der Waals surface area contributed by atoms with Crippen LogP contribution in [0.15, 0.2) is 18.2 Å². The first-order valence-electron chi connectivity index (χ1n) is 4.90. The summed E-state index contributed by atoms with van der Waals surface area (Å²) in [5, 5.41) is 9.29. The molecule has 0 heterocycles. The smallest absolute Gasteiger partial charge is 0.337 e. The summed E-state index contributed by atoms with van der Waals surface area (Å²) in [6, 6.07) is 6.89. The number of ether oxygens (including phenoxy) is 1. The molecule has 1 rings (SSSR count). The number of nitrogens with zero attached hydrogens (tertiary/aromatic N) is 1. The summed E-state index contributed by atoms with van der Waals surface area (Å²) in [5.41, 5.74) is 1.81. The Hall–Kier alpha value is -1.34. The average Bonchev–Trinajstić information content (AvgIpc) is 2.39. The number of rotatable bonds is 2. The van der Waals surface area contributed by atoms with Crippen molar-refractivity contribution < 1.29 is 9.53 Å². The molecule has 0 fully saturated rings. The zero-order valence-corrected chi connectivity index (χ0v) is 11.2. The fourth-order valence-electron chi connectivity index (χ4n) is 1.06. The molecular formula is C12H14BrNO2. The molecule has 0 spiro atoms. The summed E-state index contributed by atoms with van der Waals surface area (Å²) >= 11 is 3.25. The zero-order chi connectivity index (χ0) is 12.6. The van der Waals surface area contributed by atoms with Crippen LogP contribution in [0.25, 0.3) is 0 Å². The Labute approximate surface area is 104 Å². The third-order valence-corrected chi connectivity index (χ3v) is 2.39. The highest BCUT2D eigenvalue weighted by atomic mass is 79.9. The molecule has 0 atom stereocenters. The summed E-state index contributed by atoms with van der Waals surface area (Å²) < 4.78 is 4.57. The van der Waals surface area contributed by atoms with Crippen molar-refractivity contribution in [2.24, 2.45) is 0 Å². The number of carbonyl (C=O) groups is 1. The lowest BCUT2D eigenvalue weighted by Gasteiger charge is -2.02. The van der Waals surface area contributed by atoms with Crippen molar-refractivity contribution in [2.45, 2.75) is 19.2 Å². The van der Waals surface area contributed by atoms with Crippen molar-refractivity contribution in [2.75, 3.05) is 7.11 Å². The van der Waals surface area contributed by atoms with Crippen LogP contribution < -0.4 is 0 Å². The molecule has 0 bridgehead atoms. The number of esters is 1. The molecule has 16 heavy (non-hydrogen) atoms. The minimum absolute atomic E-state index is 0.392. The molecule has 0 unspecified atom stereocenters. The first kappa shape index (κ1) is 14.7. The van der Waals surface area contributed by atoms with Gasteiger partial charge in [0.1, 0.15) is 0 Å². The first-order chi connectivity index (χ1) is 7.72. The van der Waals surface area contributed by atoms with E-state index in [1.807, 2.05) is 19.9 Å². The summed E-state index contributed by atoms with van der Waals surface area (Å²) in [7, 11) is 1.33. The van der Waals surface area contributed by atoms with Gasteiger partial charge < -0.3 is 4.74 Å². The summed E-state index contributed by atoms with van der Waals surface area (Å²) in [5.74, 6) is -0.392. The minimum Gasteiger partial charge on any atom is -0.465 e. The summed E-state index contributed by atoms with van der Waals surface area (Å²) in [6.07, 6.45) is 0. The fraction of sp³-hybridized carbons (Fsp3) is 0.333. The van der Waals surface area contributed by atoms with Crippen molar-refractivity contribution in [1.82, 2.24) is 0 Å². The standard InChI is InChI=1S/C10H8BrNO2.C2H6/c1-14-10(13)7-2-3-8(6-12)9(4-7)5-11;1-2/h2-4H,5H2,1H3;1-2H3. The van der Waals surface area contributed by atoms with Crippen LogP contribution in [0.5, 0.6) is 0 Å². The second-order valence-electron chi connectivity index (χ2n) is 2.61. The van der Waals surface area contributed by atoms with Gasteiger partial charge in [0, 0.05) is 5.33 Å². The fourth-order valence-corrected chi connectivity index (χ4v) is 1.52. The van der Waals surface area contributed by atoms with Gasteiger partial charge in [-0.05, 0) is 23.8 Å². The Kier molecular flexibility index (Phi) is 7.23. The van der Waals surface area contributed by atoms with Gasteiger partial charge in [-0.2, -0.15) is 5.26 Å². The number of halogens is 1. The number of hydrogen-bond acceptors (Lipinski definition) is 3. The van der Waals surface area contributed by atoms with Crippen LogP contribution in [-0.2, 0) is 10.1 Å². The maximum atomic E-state index is 11.2. The molecule has 0 radical (unpaired) electrons. The van der Waals surface area contributed by atoms with Crippen molar-refractivity contribution in [3.05, 3.63) is 34.9 Å². The zero-order valence-electron chi connectivity index (χ0n) is 9.58. The van der Waals surface area contributed by atoms with Crippen molar-refractivity contribution >= 4 is 21.9 Å². The van der Waals surface area contributed by atoms with Gasteiger partial charge in [0.25, 0.3) is 0 Å². The molecule has 4 heteroatoms. The maximum Gasteiger partial charge on any atom is 0.337 e. The predicted molar refractivity (Wildman–Crippen MR) is 66.5 cm³/mol. The molecule has 0 aromatic heterocycles. The van der Waals surface area contributed by atoms with E-state index in [0.717, 1.165) is 5.56 Å². The normalized spacial score (nSPS) is 8.44. The second-order valence-corrected chi connectivity index (χ2v) is 3.17. The molecule has 1 aromatic carbocycles. The topological polar surface area (TPSA) is 50.1 Å². The van der Waals surface area contributed by atoms with Crippen LogP contribution in [0.3, 0.4) is 0 Å². The molecule has 0 saturated carbocycles. The van der Waals surface area contributed by atoms with Gasteiger partial charge in [-0.1, -0.05) is 29.8 Å². The van der Waals surface area contributed by atoms with Crippen LogP contribution in [0.2, 0.25) is 0 Å². The maximum absolute atomic E-state index is 11.2. The van der Waals surface area contributed by atoms with E-state index in [9.17, 15) is 4.79 Å². The van der Waals surface area contributed by atoms with Crippen LogP contribution >= 0.6 is 15.9 Å². The summed E-state index contributed by atoms with van der Waals surface area (Å²) in [4.78, 5) is 11.2. The number of benzene rings is 1. The number of nitriles is 1. The largest absolute Gasteiger partial charge is 0.465 e. The Bertz CT molecular complexity index is 396. The van der Waals surface area contributed by atoms with Gasteiger partial charge in [0.15, 0.2) is 0 Å². The van der Waals surface area contributed by atoms with E-state index in [2.05, 4.69) is 20.7 Å². The van der Waals surface area contributed by atoms with Gasteiger partial charge in [0.05, 0.1) is 24.3 Å². The first-order valence-corrected chi connectivity index (χ1v) is 6.02. The van der Waals surface area contributed by atoms with Crippen molar-refractivity contribution in [1.29, 1.82) is 5.26 Å². The van der Waals surface area contributed by atoms with E-state index >= 15 is 0 Å². The van der Waals surface area contributed by atoms with Gasteiger partial charge in [-0.25, -0.2) is 4.79 Å². The third-order valence-electron chi connectivity index (χ3n) is 1.79. The lowest BCUT2D eigenvalue weighted by Crippen LogP contribution is -2.02. The summed E-state index contributed by atoms with van der Waals surface area (Å²) in [6.45, 7) is 4.00. The Balaban J connectivity index is 0.00000106. The molecule has 0 aliphatic rings. The molecule has 0 saturated heterocycles. The SMILES string of the molecule is CC.COC(=O)c1ccc(C#N)c(CBr)c1. The van der Waals surface area contributed by atoms with E-state index in [1.54, 1.807) is 18.2 Å². The Morgan fingerprint density at radius 1 is 1.50 bits per heavy atom. The number of carbonyl (C=O) groups excluding carboxylic acids is 1. The van der Waals surface area contributed by atoms with Gasteiger partial charge in [-0.15, -0.1) is 0 Å². The monoisotopic (exact) mass is 283 g/mol.